The molecule has 0 rings (SSSR count). The molecule has 0 saturated heterocycles. The summed E-state index contributed by atoms with van der Waals surface area (Å²) in [5.41, 5.74) is -3.65. The fraction of sp³-hybridized carbons (Fsp3) is 1.00. The Labute approximate surface area is 134 Å². The molecule has 1 N–H and O–H groups in total. The number of aliphatic hydroxyl groups is 1. The lowest BCUT2D eigenvalue weighted by atomic mass is 9.65. The molecule has 134 valence electrons. The third-order valence-electron chi connectivity index (χ3n) is 5.14. The van der Waals surface area contributed by atoms with E-state index in [1.807, 2.05) is 0 Å². The summed E-state index contributed by atoms with van der Waals surface area (Å²) >= 11 is 0. The Morgan fingerprint density at radius 2 is 1.14 bits per heavy atom. The SMILES string of the molecule is CCCCCCC(C)(CCCCCC)C(O)(CC)C(F)(F)F. The second-order valence-corrected chi connectivity index (χ2v) is 6.89. The molecule has 1 nitrogen and oxygen atoms in total. The molecule has 4 heteroatoms. The van der Waals surface area contributed by atoms with Gasteiger partial charge in [-0.2, -0.15) is 13.2 Å². The molecule has 1 atom stereocenters. The molecule has 0 aromatic heterocycles. The molecule has 0 heterocycles. The van der Waals surface area contributed by atoms with E-state index in [2.05, 4.69) is 13.8 Å². The molecule has 0 aliphatic rings. The van der Waals surface area contributed by atoms with Crippen LogP contribution in [0.15, 0.2) is 0 Å². The average Bonchev–Trinajstić information content (AvgIpc) is 2.46. The van der Waals surface area contributed by atoms with E-state index in [1.54, 1.807) is 6.92 Å². The zero-order valence-corrected chi connectivity index (χ0v) is 14.9. The van der Waals surface area contributed by atoms with Crippen LogP contribution in [0.3, 0.4) is 0 Å². The maximum absolute atomic E-state index is 13.5. The van der Waals surface area contributed by atoms with Gasteiger partial charge in [-0.3, -0.25) is 0 Å². The molecule has 0 spiro atoms. The highest BCUT2D eigenvalue weighted by Crippen LogP contribution is 2.51. The highest BCUT2D eigenvalue weighted by molar-refractivity contribution is 5.00. The highest BCUT2D eigenvalue weighted by atomic mass is 19.4. The van der Waals surface area contributed by atoms with Crippen LogP contribution < -0.4 is 0 Å². The van der Waals surface area contributed by atoms with Crippen LogP contribution in [0.1, 0.15) is 98.3 Å². The standard InChI is InChI=1S/C18H35F3O/c1-5-8-10-12-14-16(4,15-13-11-9-6-2)17(22,7-3)18(19,20)21/h22H,5-15H2,1-4H3. The summed E-state index contributed by atoms with van der Waals surface area (Å²) in [6.07, 6.45) is 3.68. The minimum Gasteiger partial charge on any atom is -0.380 e. The van der Waals surface area contributed by atoms with Gasteiger partial charge >= 0.3 is 6.18 Å². The van der Waals surface area contributed by atoms with Crippen molar-refractivity contribution in [3.63, 3.8) is 0 Å². The summed E-state index contributed by atoms with van der Waals surface area (Å²) in [6, 6.07) is 0. The van der Waals surface area contributed by atoms with Gasteiger partial charge in [0, 0.05) is 5.41 Å². The fourth-order valence-electron chi connectivity index (χ4n) is 3.39. The van der Waals surface area contributed by atoms with Crippen molar-refractivity contribution in [2.75, 3.05) is 0 Å². The van der Waals surface area contributed by atoms with Crippen LogP contribution in [-0.2, 0) is 0 Å². The summed E-state index contributed by atoms with van der Waals surface area (Å²) in [4.78, 5) is 0. The van der Waals surface area contributed by atoms with Crippen molar-refractivity contribution in [3.05, 3.63) is 0 Å². The number of hydrogen-bond acceptors (Lipinski definition) is 1. The summed E-state index contributed by atoms with van der Waals surface area (Å²) in [7, 11) is 0. The van der Waals surface area contributed by atoms with Crippen LogP contribution >= 0.6 is 0 Å². The second kappa shape index (κ2) is 9.79. The molecule has 0 aromatic rings. The molecule has 0 aliphatic carbocycles. The molecule has 0 fully saturated rings. The van der Waals surface area contributed by atoms with Crippen molar-refractivity contribution in [2.24, 2.45) is 5.41 Å². The Morgan fingerprint density at radius 1 is 0.727 bits per heavy atom. The van der Waals surface area contributed by atoms with Gasteiger partial charge in [-0.05, 0) is 19.3 Å². The van der Waals surface area contributed by atoms with E-state index in [9.17, 15) is 18.3 Å². The molecule has 22 heavy (non-hydrogen) atoms. The lowest BCUT2D eigenvalue weighted by Crippen LogP contribution is -2.57. The van der Waals surface area contributed by atoms with Crippen molar-refractivity contribution in [2.45, 2.75) is 110 Å². The monoisotopic (exact) mass is 324 g/mol. The number of unbranched alkanes of at least 4 members (excludes halogenated alkanes) is 6. The number of halogens is 3. The van der Waals surface area contributed by atoms with E-state index in [4.69, 9.17) is 0 Å². The largest absolute Gasteiger partial charge is 0.417 e. The van der Waals surface area contributed by atoms with E-state index >= 15 is 0 Å². The first-order valence-corrected chi connectivity index (χ1v) is 8.97. The van der Waals surface area contributed by atoms with Gasteiger partial charge in [-0.25, -0.2) is 0 Å². The lowest BCUT2D eigenvalue weighted by molar-refractivity contribution is -0.304. The maximum Gasteiger partial charge on any atom is 0.417 e. The molecule has 0 saturated carbocycles. The van der Waals surface area contributed by atoms with Gasteiger partial charge in [0.1, 0.15) is 0 Å². The quantitative estimate of drug-likeness (QED) is 0.399. The van der Waals surface area contributed by atoms with Crippen LogP contribution in [0.5, 0.6) is 0 Å². The molecular formula is C18H35F3O. The van der Waals surface area contributed by atoms with Gasteiger partial charge in [-0.1, -0.05) is 79.1 Å². The maximum atomic E-state index is 13.5. The molecular weight excluding hydrogens is 289 g/mol. The van der Waals surface area contributed by atoms with Crippen LogP contribution in [0.25, 0.3) is 0 Å². The first-order chi connectivity index (χ1) is 10.2. The van der Waals surface area contributed by atoms with Crippen LogP contribution in [0, 0.1) is 5.41 Å². The predicted octanol–water partition coefficient (Wildman–Crippen LogP) is 6.64. The van der Waals surface area contributed by atoms with Crippen molar-refractivity contribution >= 4 is 0 Å². The van der Waals surface area contributed by atoms with E-state index in [0.29, 0.717) is 12.8 Å². The molecule has 0 aromatic carbocycles. The van der Waals surface area contributed by atoms with E-state index in [1.165, 1.54) is 6.92 Å². The Kier molecular flexibility index (Phi) is 9.68. The van der Waals surface area contributed by atoms with Crippen molar-refractivity contribution < 1.29 is 18.3 Å². The van der Waals surface area contributed by atoms with Crippen LogP contribution in [0.2, 0.25) is 0 Å². The minimum atomic E-state index is -4.56. The zero-order valence-electron chi connectivity index (χ0n) is 14.9. The topological polar surface area (TPSA) is 20.2 Å². The Balaban J connectivity index is 5.02. The number of alkyl halides is 3. The van der Waals surface area contributed by atoms with Crippen LogP contribution in [0.4, 0.5) is 13.2 Å². The van der Waals surface area contributed by atoms with Crippen molar-refractivity contribution in [1.82, 2.24) is 0 Å². The molecule has 0 aliphatic heterocycles. The fourth-order valence-corrected chi connectivity index (χ4v) is 3.39. The van der Waals surface area contributed by atoms with Gasteiger partial charge in [0.2, 0.25) is 0 Å². The average molecular weight is 324 g/mol. The third-order valence-corrected chi connectivity index (χ3v) is 5.14. The first-order valence-electron chi connectivity index (χ1n) is 8.97. The molecule has 0 bridgehead atoms. The van der Waals surface area contributed by atoms with Crippen molar-refractivity contribution in [3.8, 4) is 0 Å². The second-order valence-electron chi connectivity index (χ2n) is 6.89. The van der Waals surface area contributed by atoms with Gasteiger partial charge in [0.05, 0.1) is 0 Å². The summed E-state index contributed by atoms with van der Waals surface area (Å²) in [5, 5.41) is 10.5. The normalized spacial score (nSPS) is 15.8. The highest BCUT2D eigenvalue weighted by Gasteiger charge is 2.61. The van der Waals surface area contributed by atoms with E-state index in [0.717, 1.165) is 51.4 Å². The zero-order chi connectivity index (χ0) is 17.3. The van der Waals surface area contributed by atoms with E-state index < -0.39 is 17.2 Å². The van der Waals surface area contributed by atoms with Gasteiger partial charge in [0.15, 0.2) is 5.60 Å². The molecule has 1 unspecified atom stereocenters. The van der Waals surface area contributed by atoms with Gasteiger partial charge < -0.3 is 5.11 Å². The smallest absolute Gasteiger partial charge is 0.380 e. The van der Waals surface area contributed by atoms with Gasteiger partial charge in [-0.15, -0.1) is 0 Å². The number of rotatable bonds is 12. The van der Waals surface area contributed by atoms with Crippen LogP contribution in [-0.4, -0.2) is 16.9 Å². The summed E-state index contributed by atoms with van der Waals surface area (Å²) in [6.45, 7) is 7.26. The third kappa shape index (κ3) is 5.75. The molecule has 0 radical (unpaired) electrons. The molecule has 0 amide bonds. The number of hydrogen-bond donors (Lipinski definition) is 1. The Bertz CT molecular complexity index is 277. The minimum absolute atomic E-state index is 0.269. The Hall–Kier alpha value is -0.250. The predicted molar refractivity (Wildman–Crippen MR) is 86.9 cm³/mol. The first kappa shape index (κ1) is 21.8. The lowest BCUT2D eigenvalue weighted by Gasteiger charge is -2.46. The Morgan fingerprint density at radius 3 is 1.41 bits per heavy atom. The van der Waals surface area contributed by atoms with E-state index in [-0.39, 0.29) is 6.42 Å². The summed E-state index contributed by atoms with van der Waals surface area (Å²) < 4.78 is 40.5. The van der Waals surface area contributed by atoms with Crippen molar-refractivity contribution in [1.29, 1.82) is 0 Å². The summed E-state index contributed by atoms with van der Waals surface area (Å²) in [5.74, 6) is 0. The van der Waals surface area contributed by atoms with Gasteiger partial charge in [0.25, 0.3) is 0 Å².